The van der Waals surface area contributed by atoms with Crippen molar-refractivity contribution in [3.63, 3.8) is 0 Å². The third-order valence-electron chi connectivity index (χ3n) is 2.61. The number of rotatable bonds is 9. The molecule has 98 valence electrons. The lowest BCUT2D eigenvalue weighted by Crippen LogP contribution is -2.26. The molecule has 0 saturated heterocycles. The zero-order valence-corrected chi connectivity index (χ0v) is 12.1. The minimum absolute atomic E-state index is 0.387. The van der Waals surface area contributed by atoms with Gasteiger partial charge in [0.25, 0.3) is 0 Å². The maximum Gasteiger partial charge on any atom is 0.126 e. The van der Waals surface area contributed by atoms with E-state index in [9.17, 15) is 0 Å². The Kier molecular flexibility index (Phi) is 7.37. The molecule has 0 aliphatic carbocycles. The third-order valence-corrected chi connectivity index (χ3v) is 3.87. The fourth-order valence-electron chi connectivity index (χ4n) is 1.88. The van der Waals surface area contributed by atoms with Crippen LogP contribution in [0.1, 0.15) is 45.5 Å². The van der Waals surface area contributed by atoms with Crippen LogP contribution in [0.4, 0.5) is 0 Å². The highest BCUT2D eigenvalue weighted by molar-refractivity contribution is 7.99. The second-order valence-electron chi connectivity index (χ2n) is 4.16. The molecule has 0 aromatic carbocycles. The predicted molar refractivity (Wildman–Crippen MR) is 76.6 cm³/mol. The monoisotopic (exact) mass is 255 g/mol. The maximum atomic E-state index is 4.52. The Morgan fingerprint density at radius 1 is 1.35 bits per heavy atom. The molecule has 1 N–H and O–H groups in total. The van der Waals surface area contributed by atoms with Crippen LogP contribution in [0.5, 0.6) is 0 Å². The van der Waals surface area contributed by atoms with E-state index < -0.39 is 0 Å². The fourth-order valence-corrected chi connectivity index (χ4v) is 2.84. The normalized spacial score (nSPS) is 12.9. The molecule has 0 bridgehead atoms. The molecular formula is C13H25N3S. The van der Waals surface area contributed by atoms with Crippen LogP contribution >= 0.6 is 11.8 Å². The van der Waals surface area contributed by atoms with Gasteiger partial charge < -0.3 is 9.88 Å². The van der Waals surface area contributed by atoms with Crippen molar-refractivity contribution < 1.29 is 0 Å². The van der Waals surface area contributed by atoms with Crippen molar-refractivity contribution in [1.29, 1.82) is 0 Å². The van der Waals surface area contributed by atoms with E-state index in [1.54, 1.807) is 0 Å². The van der Waals surface area contributed by atoms with Crippen LogP contribution < -0.4 is 5.32 Å². The van der Waals surface area contributed by atoms with Gasteiger partial charge in [-0.05, 0) is 25.1 Å². The molecule has 17 heavy (non-hydrogen) atoms. The summed E-state index contributed by atoms with van der Waals surface area (Å²) >= 11 is 2.01. The van der Waals surface area contributed by atoms with E-state index in [-0.39, 0.29) is 0 Å². The zero-order chi connectivity index (χ0) is 12.5. The lowest BCUT2D eigenvalue weighted by atomic mass is 10.3. The highest BCUT2D eigenvalue weighted by Gasteiger charge is 2.15. The predicted octanol–water partition coefficient (Wildman–Crippen LogP) is 3.09. The Bertz CT molecular complexity index is 299. The SMILES string of the molecule is CCCSCC(NCC)c1nccn1CCC. The van der Waals surface area contributed by atoms with Crippen LogP contribution in [-0.2, 0) is 6.54 Å². The summed E-state index contributed by atoms with van der Waals surface area (Å²) in [5.41, 5.74) is 0. The largest absolute Gasteiger partial charge is 0.334 e. The van der Waals surface area contributed by atoms with Crippen molar-refractivity contribution in [2.75, 3.05) is 18.1 Å². The molecule has 0 spiro atoms. The number of nitrogens with one attached hydrogen (secondary N) is 1. The molecule has 0 aliphatic heterocycles. The van der Waals surface area contributed by atoms with Gasteiger partial charge >= 0.3 is 0 Å². The third kappa shape index (κ3) is 4.72. The fraction of sp³-hybridized carbons (Fsp3) is 0.769. The summed E-state index contributed by atoms with van der Waals surface area (Å²) in [5, 5.41) is 3.54. The first-order valence-corrected chi connectivity index (χ1v) is 7.81. The van der Waals surface area contributed by atoms with Crippen molar-refractivity contribution in [1.82, 2.24) is 14.9 Å². The highest BCUT2D eigenvalue weighted by Crippen LogP contribution is 2.18. The highest BCUT2D eigenvalue weighted by atomic mass is 32.2. The molecule has 0 amide bonds. The molecule has 1 rings (SSSR count). The van der Waals surface area contributed by atoms with Gasteiger partial charge in [0, 0.05) is 24.7 Å². The first-order chi connectivity index (χ1) is 8.33. The number of hydrogen-bond donors (Lipinski definition) is 1. The summed E-state index contributed by atoms with van der Waals surface area (Å²) in [4.78, 5) is 4.52. The summed E-state index contributed by atoms with van der Waals surface area (Å²) in [6.07, 6.45) is 6.41. The number of aromatic nitrogens is 2. The molecule has 0 aliphatic rings. The lowest BCUT2D eigenvalue weighted by molar-refractivity contribution is 0.527. The van der Waals surface area contributed by atoms with E-state index in [0.717, 1.165) is 25.3 Å². The Hall–Kier alpha value is -0.480. The van der Waals surface area contributed by atoms with Gasteiger partial charge in [-0.1, -0.05) is 20.8 Å². The Morgan fingerprint density at radius 3 is 2.82 bits per heavy atom. The van der Waals surface area contributed by atoms with E-state index in [2.05, 4.69) is 41.8 Å². The van der Waals surface area contributed by atoms with E-state index in [4.69, 9.17) is 0 Å². The van der Waals surface area contributed by atoms with Crippen molar-refractivity contribution in [3.05, 3.63) is 18.2 Å². The van der Waals surface area contributed by atoms with Crippen LogP contribution in [-0.4, -0.2) is 27.6 Å². The van der Waals surface area contributed by atoms with E-state index >= 15 is 0 Å². The number of thioether (sulfide) groups is 1. The molecule has 3 nitrogen and oxygen atoms in total. The van der Waals surface area contributed by atoms with Crippen molar-refractivity contribution in [2.45, 2.75) is 46.2 Å². The number of aryl methyl sites for hydroxylation is 1. The number of nitrogens with zero attached hydrogens (tertiary/aromatic N) is 2. The quantitative estimate of drug-likeness (QED) is 0.688. The van der Waals surface area contributed by atoms with Gasteiger partial charge in [0.2, 0.25) is 0 Å². The molecule has 1 unspecified atom stereocenters. The molecule has 1 heterocycles. The standard InChI is InChI=1S/C13H25N3S/c1-4-8-16-9-7-15-13(16)12(14-6-3)11-17-10-5-2/h7,9,12,14H,4-6,8,10-11H2,1-3H3. The maximum absolute atomic E-state index is 4.52. The summed E-state index contributed by atoms with van der Waals surface area (Å²) < 4.78 is 2.28. The minimum atomic E-state index is 0.387. The smallest absolute Gasteiger partial charge is 0.126 e. The van der Waals surface area contributed by atoms with Crippen LogP contribution in [0.2, 0.25) is 0 Å². The number of hydrogen-bond acceptors (Lipinski definition) is 3. The minimum Gasteiger partial charge on any atom is -0.334 e. The molecule has 0 saturated carbocycles. The number of imidazole rings is 1. The van der Waals surface area contributed by atoms with E-state index in [0.29, 0.717) is 6.04 Å². The van der Waals surface area contributed by atoms with E-state index in [1.807, 2.05) is 18.0 Å². The molecular weight excluding hydrogens is 230 g/mol. The van der Waals surface area contributed by atoms with Gasteiger partial charge in [-0.15, -0.1) is 0 Å². The van der Waals surface area contributed by atoms with Crippen LogP contribution in [0.3, 0.4) is 0 Å². The summed E-state index contributed by atoms with van der Waals surface area (Å²) in [7, 11) is 0. The topological polar surface area (TPSA) is 29.9 Å². The van der Waals surface area contributed by atoms with E-state index in [1.165, 1.54) is 18.0 Å². The van der Waals surface area contributed by atoms with Gasteiger partial charge in [0.1, 0.15) is 5.82 Å². The molecule has 1 aromatic rings. The van der Waals surface area contributed by atoms with Crippen LogP contribution in [0.25, 0.3) is 0 Å². The Balaban J connectivity index is 2.63. The second-order valence-corrected chi connectivity index (χ2v) is 5.31. The molecule has 0 fully saturated rings. The van der Waals surface area contributed by atoms with Gasteiger partial charge in [0.15, 0.2) is 0 Å². The first kappa shape index (κ1) is 14.6. The molecule has 1 aromatic heterocycles. The van der Waals surface area contributed by atoms with Crippen molar-refractivity contribution in [2.24, 2.45) is 0 Å². The van der Waals surface area contributed by atoms with Crippen molar-refractivity contribution >= 4 is 11.8 Å². The van der Waals surface area contributed by atoms with Crippen LogP contribution in [0.15, 0.2) is 12.4 Å². The Morgan fingerprint density at radius 2 is 2.18 bits per heavy atom. The first-order valence-electron chi connectivity index (χ1n) is 6.65. The second kappa shape index (κ2) is 8.59. The van der Waals surface area contributed by atoms with Gasteiger partial charge in [-0.2, -0.15) is 11.8 Å². The van der Waals surface area contributed by atoms with Gasteiger partial charge in [-0.3, -0.25) is 0 Å². The summed E-state index contributed by atoms with van der Waals surface area (Å²) in [5.74, 6) is 3.54. The summed E-state index contributed by atoms with van der Waals surface area (Å²) in [6.45, 7) is 8.65. The zero-order valence-electron chi connectivity index (χ0n) is 11.3. The molecule has 0 radical (unpaired) electrons. The molecule has 1 atom stereocenters. The van der Waals surface area contributed by atoms with Gasteiger partial charge in [0.05, 0.1) is 6.04 Å². The van der Waals surface area contributed by atoms with Gasteiger partial charge in [-0.25, -0.2) is 4.98 Å². The molecule has 4 heteroatoms. The van der Waals surface area contributed by atoms with Crippen LogP contribution in [0, 0.1) is 0 Å². The summed E-state index contributed by atoms with van der Waals surface area (Å²) in [6, 6.07) is 0.387. The lowest BCUT2D eigenvalue weighted by Gasteiger charge is -2.18. The Labute approximate surface area is 109 Å². The average Bonchev–Trinajstić information content (AvgIpc) is 2.77. The van der Waals surface area contributed by atoms with Crippen molar-refractivity contribution in [3.8, 4) is 0 Å². The average molecular weight is 255 g/mol.